The SMILES string of the molecule is O=C1CCc2cc(NCCCCO)ccc2N1. The van der Waals surface area contributed by atoms with Crippen LogP contribution in [0.4, 0.5) is 11.4 Å². The maximum Gasteiger partial charge on any atom is 0.224 e. The largest absolute Gasteiger partial charge is 0.396 e. The molecule has 0 spiro atoms. The van der Waals surface area contributed by atoms with E-state index in [-0.39, 0.29) is 12.5 Å². The fourth-order valence-electron chi connectivity index (χ4n) is 1.96. The molecule has 0 aliphatic carbocycles. The van der Waals surface area contributed by atoms with Gasteiger partial charge in [-0.2, -0.15) is 0 Å². The fraction of sp³-hybridized carbons (Fsp3) is 0.462. The third-order valence-corrected chi connectivity index (χ3v) is 2.91. The average Bonchev–Trinajstić information content (AvgIpc) is 2.35. The lowest BCUT2D eigenvalue weighted by Gasteiger charge is -2.18. The zero-order valence-corrected chi connectivity index (χ0v) is 9.83. The van der Waals surface area contributed by atoms with E-state index in [2.05, 4.69) is 16.7 Å². The van der Waals surface area contributed by atoms with E-state index in [1.54, 1.807) is 0 Å². The third kappa shape index (κ3) is 3.20. The molecule has 0 radical (unpaired) electrons. The summed E-state index contributed by atoms with van der Waals surface area (Å²) in [6, 6.07) is 6.01. The number of fused-ring (bicyclic) bond motifs is 1. The number of benzene rings is 1. The third-order valence-electron chi connectivity index (χ3n) is 2.91. The number of anilines is 2. The molecule has 0 saturated heterocycles. The lowest BCUT2D eigenvalue weighted by atomic mass is 10.0. The first kappa shape index (κ1) is 11.9. The molecule has 0 atom stereocenters. The van der Waals surface area contributed by atoms with Crippen molar-refractivity contribution in [2.45, 2.75) is 25.7 Å². The molecular weight excluding hydrogens is 216 g/mol. The molecule has 0 fully saturated rings. The van der Waals surface area contributed by atoms with Gasteiger partial charge in [-0.1, -0.05) is 0 Å². The van der Waals surface area contributed by atoms with Crippen LogP contribution in [0.1, 0.15) is 24.8 Å². The molecule has 0 aromatic heterocycles. The van der Waals surface area contributed by atoms with Crippen LogP contribution in [0.3, 0.4) is 0 Å². The number of carbonyl (C=O) groups is 1. The molecule has 17 heavy (non-hydrogen) atoms. The van der Waals surface area contributed by atoms with Gasteiger partial charge in [0.2, 0.25) is 5.91 Å². The zero-order valence-electron chi connectivity index (χ0n) is 9.83. The van der Waals surface area contributed by atoms with Gasteiger partial charge in [-0.25, -0.2) is 0 Å². The molecule has 1 aliphatic rings. The second-order valence-corrected chi connectivity index (χ2v) is 4.28. The topological polar surface area (TPSA) is 61.4 Å². The van der Waals surface area contributed by atoms with E-state index >= 15 is 0 Å². The average molecular weight is 234 g/mol. The van der Waals surface area contributed by atoms with Crippen LogP contribution in [0, 0.1) is 0 Å². The van der Waals surface area contributed by atoms with Crippen molar-refractivity contribution in [3.63, 3.8) is 0 Å². The highest BCUT2D eigenvalue weighted by Gasteiger charge is 2.14. The van der Waals surface area contributed by atoms with Crippen molar-refractivity contribution in [3.05, 3.63) is 23.8 Å². The molecule has 0 saturated carbocycles. The molecule has 1 amide bonds. The van der Waals surface area contributed by atoms with E-state index in [0.717, 1.165) is 37.2 Å². The van der Waals surface area contributed by atoms with Crippen molar-refractivity contribution in [2.24, 2.45) is 0 Å². The fourth-order valence-corrected chi connectivity index (χ4v) is 1.96. The van der Waals surface area contributed by atoms with Crippen LogP contribution < -0.4 is 10.6 Å². The Kier molecular flexibility index (Phi) is 3.98. The molecule has 92 valence electrons. The minimum atomic E-state index is 0.0983. The normalized spacial score (nSPS) is 14.1. The molecule has 1 aromatic rings. The van der Waals surface area contributed by atoms with Crippen molar-refractivity contribution in [3.8, 4) is 0 Å². The summed E-state index contributed by atoms with van der Waals surface area (Å²) in [5, 5.41) is 14.9. The number of carbonyl (C=O) groups excluding carboxylic acids is 1. The smallest absolute Gasteiger partial charge is 0.224 e. The zero-order chi connectivity index (χ0) is 12.1. The van der Waals surface area contributed by atoms with Crippen LogP contribution in [-0.4, -0.2) is 24.2 Å². The number of nitrogens with one attached hydrogen (secondary N) is 2. The van der Waals surface area contributed by atoms with Gasteiger partial charge in [0.25, 0.3) is 0 Å². The predicted octanol–water partition coefficient (Wildman–Crippen LogP) is 1.76. The van der Waals surface area contributed by atoms with Crippen molar-refractivity contribution in [1.82, 2.24) is 0 Å². The van der Waals surface area contributed by atoms with Crippen LogP contribution in [0.5, 0.6) is 0 Å². The molecular formula is C13H18N2O2. The Bertz CT molecular complexity index is 404. The summed E-state index contributed by atoms with van der Waals surface area (Å²) in [5.41, 5.74) is 3.21. The number of hydrogen-bond acceptors (Lipinski definition) is 3. The molecule has 1 aromatic carbocycles. The molecule has 0 unspecified atom stereocenters. The summed E-state index contributed by atoms with van der Waals surface area (Å²) in [6.45, 7) is 1.11. The van der Waals surface area contributed by atoms with E-state index in [4.69, 9.17) is 5.11 Å². The standard InChI is InChI=1S/C13H18N2O2/c16-8-2-1-7-14-11-4-5-12-10(9-11)3-6-13(17)15-12/h4-5,9,14,16H,1-3,6-8H2,(H,15,17). The van der Waals surface area contributed by atoms with E-state index in [9.17, 15) is 4.79 Å². The van der Waals surface area contributed by atoms with E-state index in [1.807, 2.05) is 12.1 Å². The Hall–Kier alpha value is -1.55. The second kappa shape index (κ2) is 5.68. The van der Waals surface area contributed by atoms with Gasteiger partial charge in [-0.05, 0) is 43.0 Å². The number of aryl methyl sites for hydroxylation is 1. The Labute approximate surface area is 101 Å². The Morgan fingerprint density at radius 1 is 1.29 bits per heavy atom. The molecule has 4 nitrogen and oxygen atoms in total. The van der Waals surface area contributed by atoms with Gasteiger partial charge in [-0.15, -0.1) is 0 Å². The maximum absolute atomic E-state index is 11.2. The highest BCUT2D eigenvalue weighted by molar-refractivity contribution is 5.94. The molecule has 1 aliphatic heterocycles. The Balaban J connectivity index is 1.94. The molecule has 1 heterocycles. The number of unbranched alkanes of at least 4 members (excludes halogenated alkanes) is 1. The van der Waals surface area contributed by atoms with Gasteiger partial charge >= 0.3 is 0 Å². The molecule has 0 bridgehead atoms. The van der Waals surface area contributed by atoms with Gasteiger partial charge in [0.15, 0.2) is 0 Å². The quantitative estimate of drug-likeness (QED) is 0.680. The summed E-state index contributed by atoms with van der Waals surface area (Å²) in [7, 11) is 0. The Morgan fingerprint density at radius 2 is 2.18 bits per heavy atom. The van der Waals surface area contributed by atoms with Crippen LogP contribution in [0.2, 0.25) is 0 Å². The van der Waals surface area contributed by atoms with Crippen LogP contribution in [0.25, 0.3) is 0 Å². The first-order chi connectivity index (χ1) is 8.29. The molecule has 2 rings (SSSR count). The van der Waals surface area contributed by atoms with Gasteiger partial charge in [0.05, 0.1) is 0 Å². The summed E-state index contributed by atoms with van der Waals surface area (Å²) in [6.07, 6.45) is 3.17. The van der Waals surface area contributed by atoms with Crippen molar-refractivity contribution in [1.29, 1.82) is 0 Å². The van der Waals surface area contributed by atoms with Crippen LogP contribution in [-0.2, 0) is 11.2 Å². The monoisotopic (exact) mass is 234 g/mol. The van der Waals surface area contributed by atoms with Gasteiger partial charge < -0.3 is 15.7 Å². The highest BCUT2D eigenvalue weighted by atomic mass is 16.2. The minimum absolute atomic E-state index is 0.0983. The number of hydrogen-bond donors (Lipinski definition) is 3. The second-order valence-electron chi connectivity index (χ2n) is 4.28. The lowest BCUT2D eigenvalue weighted by molar-refractivity contribution is -0.116. The van der Waals surface area contributed by atoms with Crippen molar-refractivity contribution >= 4 is 17.3 Å². The van der Waals surface area contributed by atoms with E-state index in [1.165, 1.54) is 5.56 Å². The van der Waals surface area contributed by atoms with Gasteiger partial charge in [0, 0.05) is 30.9 Å². The highest BCUT2D eigenvalue weighted by Crippen LogP contribution is 2.25. The van der Waals surface area contributed by atoms with E-state index < -0.39 is 0 Å². The molecule has 3 N–H and O–H groups in total. The van der Waals surface area contributed by atoms with Gasteiger partial charge in [0.1, 0.15) is 0 Å². The van der Waals surface area contributed by atoms with Crippen LogP contribution >= 0.6 is 0 Å². The lowest BCUT2D eigenvalue weighted by Crippen LogP contribution is -2.19. The number of amides is 1. The maximum atomic E-state index is 11.2. The van der Waals surface area contributed by atoms with Gasteiger partial charge in [-0.3, -0.25) is 4.79 Å². The summed E-state index contributed by atoms with van der Waals surface area (Å²) in [5.74, 6) is 0.0983. The van der Waals surface area contributed by atoms with Crippen molar-refractivity contribution in [2.75, 3.05) is 23.8 Å². The predicted molar refractivity (Wildman–Crippen MR) is 68.2 cm³/mol. The number of rotatable bonds is 5. The summed E-state index contributed by atoms with van der Waals surface area (Å²) < 4.78 is 0. The minimum Gasteiger partial charge on any atom is -0.396 e. The number of aliphatic hydroxyl groups is 1. The summed E-state index contributed by atoms with van der Waals surface area (Å²) in [4.78, 5) is 11.2. The Morgan fingerprint density at radius 3 is 3.00 bits per heavy atom. The van der Waals surface area contributed by atoms with Crippen LogP contribution in [0.15, 0.2) is 18.2 Å². The van der Waals surface area contributed by atoms with Crippen molar-refractivity contribution < 1.29 is 9.90 Å². The first-order valence-corrected chi connectivity index (χ1v) is 6.07. The summed E-state index contributed by atoms with van der Waals surface area (Å²) >= 11 is 0. The molecule has 4 heteroatoms. The number of aliphatic hydroxyl groups excluding tert-OH is 1. The first-order valence-electron chi connectivity index (χ1n) is 6.07. The van der Waals surface area contributed by atoms with E-state index in [0.29, 0.717) is 6.42 Å².